The Morgan fingerprint density at radius 1 is 1.19 bits per heavy atom. The van der Waals surface area contributed by atoms with Crippen molar-refractivity contribution >= 4 is 28.7 Å². The van der Waals surface area contributed by atoms with Gasteiger partial charge in [0.1, 0.15) is 6.54 Å². The molecular formula is C16H16N4O6. The van der Waals surface area contributed by atoms with Gasteiger partial charge in [-0.25, -0.2) is 9.59 Å². The Bertz CT molecular complexity index is 973. The maximum Gasteiger partial charge on any atom is 0.419 e. The zero-order chi connectivity index (χ0) is 18.4. The van der Waals surface area contributed by atoms with Crippen LogP contribution in [0.4, 0.5) is 10.5 Å². The summed E-state index contributed by atoms with van der Waals surface area (Å²) in [4.78, 5) is 49.4. The highest BCUT2D eigenvalue weighted by Crippen LogP contribution is 2.30. The molecule has 4 rings (SSSR count). The third-order valence-corrected chi connectivity index (χ3v) is 4.70. The lowest BCUT2D eigenvalue weighted by atomic mass is 10.3. The number of nitrogens with zero attached hydrogens (tertiary/aromatic N) is 4. The predicted molar refractivity (Wildman–Crippen MR) is 88.6 cm³/mol. The van der Waals surface area contributed by atoms with Crippen molar-refractivity contribution in [2.45, 2.75) is 31.8 Å². The second-order valence-electron chi connectivity index (χ2n) is 6.47. The van der Waals surface area contributed by atoms with Gasteiger partial charge in [-0.05, 0) is 25.3 Å². The molecular weight excluding hydrogens is 344 g/mol. The topological polar surface area (TPSA) is 119 Å². The molecule has 0 N–H and O–H groups in total. The quantitative estimate of drug-likeness (QED) is 0.435. The first-order valence-corrected chi connectivity index (χ1v) is 8.34. The van der Waals surface area contributed by atoms with Crippen molar-refractivity contribution in [1.29, 1.82) is 0 Å². The van der Waals surface area contributed by atoms with Gasteiger partial charge in [-0.3, -0.25) is 24.4 Å². The molecule has 0 unspecified atom stereocenters. The van der Waals surface area contributed by atoms with Gasteiger partial charge in [0.05, 0.1) is 10.4 Å². The Hall–Kier alpha value is -3.17. The van der Waals surface area contributed by atoms with Crippen molar-refractivity contribution in [3.8, 4) is 0 Å². The molecule has 0 radical (unpaired) electrons. The minimum Gasteiger partial charge on any atom is -0.408 e. The van der Waals surface area contributed by atoms with E-state index in [1.165, 1.54) is 27.7 Å². The molecule has 2 aromatic rings. The number of carbonyl (C=O) groups is 2. The maximum absolute atomic E-state index is 12.3. The molecule has 0 atom stereocenters. The summed E-state index contributed by atoms with van der Waals surface area (Å²) in [6.45, 7) is 0.493. The molecule has 2 heterocycles. The summed E-state index contributed by atoms with van der Waals surface area (Å²) in [6.07, 6.45) is 2.22. The number of benzene rings is 1. The first kappa shape index (κ1) is 16.3. The zero-order valence-electron chi connectivity index (χ0n) is 13.8. The second-order valence-corrected chi connectivity index (χ2v) is 6.47. The molecule has 2 aliphatic rings. The molecule has 1 saturated heterocycles. The summed E-state index contributed by atoms with van der Waals surface area (Å²) in [5.74, 6) is -0.860. The third-order valence-electron chi connectivity index (χ3n) is 4.70. The van der Waals surface area contributed by atoms with Crippen LogP contribution in [0.1, 0.15) is 19.3 Å². The number of rotatable bonds is 6. The average molecular weight is 360 g/mol. The van der Waals surface area contributed by atoms with Gasteiger partial charge < -0.3 is 9.32 Å². The largest absolute Gasteiger partial charge is 0.419 e. The number of hydrogen-bond donors (Lipinski definition) is 0. The summed E-state index contributed by atoms with van der Waals surface area (Å²) in [7, 11) is 0. The number of amides is 3. The van der Waals surface area contributed by atoms with Gasteiger partial charge in [0.15, 0.2) is 5.58 Å². The Labute approximate surface area is 146 Å². The number of hydrogen-bond acceptors (Lipinski definition) is 6. The lowest BCUT2D eigenvalue weighted by molar-refractivity contribution is -0.384. The van der Waals surface area contributed by atoms with Crippen LogP contribution in [0.25, 0.3) is 11.1 Å². The van der Waals surface area contributed by atoms with Crippen molar-refractivity contribution in [3.05, 3.63) is 38.9 Å². The van der Waals surface area contributed by atoms with Crippen LogP contribution in [-0.4, -0.2) is 50.4 Å². The number of nitro groups is 1. The lowest BCUT2D eigenvalue weighted by Crippen LogP contribution is -2.35. The molecule has 3 amide bonds. The van der Waals surface area contributed by atoms with E-state index in [1.807, 2.05) is 0 Å². The number of aryl methyl sites for hydroxylation is 1. The van der Waals surface area contributed by atoms with Gasteiger partial charge in [-0.2, -0.15) is 0 Å². The first-order valence-electron chi connectivity index (χ1n) is 8.34. The van der Waals surface area contributed by atoms with E-state index in [1.54, 1.807) is 4.90 Å². The van der Waals surface area contributed by atoms with E-state index in [4.69, 9.17) is 4.42 Å². The molecule has 0 bridgehead atoms. The van der Waals surface area contributed by atoms with Crippen LogP contribution in [0, 0.1) is 10.1 Å². The average Bonchev–Trinajstić information content (AvgIpc) is 3.34. The van der Waals surface area contributed by atoms with Crippen LogP contribution in [0.15, 0.2) is 27.4 Å². The number of fused-ring (bicyclic) bond motifs is 1. The summed E-state index contributed by atoms with van der Waals surface area (Å²) in [5.41, 5.74) is 0.439. The predicted octanol–water partition coefficient (Wildman–Crippen LogP) is 1.32. The summed E-state index contributed by atoms with van der Waals surface area (Å²) in [6, 6.07) is 3.83. The highest BCUT2D eigenvalue weighted by molar-refractivity contribution is 6.02. The van der Waals surface area contributed by atoms with Crippen LogP contribution in [0.5, 0.6) is 0 Å². The molecule has 26 heavy (non-hydrogen) atoms. The van der Waals surface area contributed by atoms with Crippen molar-refractivity contribution in [2.75, 3.05) is 13.1 Å². The highest BCUT2D eigenvalue weighted by Gasteiger charge is 2.43. The smallest absolute Gasteiger partial charge is 0.408 e. The summed E-state index contributed by atoms with van der Waals surface area (Å²) >= 11 is 0. The molecule has 1 aromatic heterocycles. The number of urea groups is 1. The van der Waals surface area contributed by atoms with E-state index >= 15 is 0 Å². The normalized spacial score (nSPS) is 17.5. The SMILES string of the molecule is O=C1CN(C2CC2)C(=O)N1CCCn1c(=O)oc2ccc([N+](=O)[O-])cc21. The zero-order valence-corrected chi connectivity index (χ0v) is 13.8. The molecule has 0 spiro atoms. The third kappa shape index (κ3) is 2.72. The number of oxazole rings is 1. The van der Waals surface area contributed by atoms with Crippen LogP contribution < -0.4 is 5.76 Å². The van der Waals surface area contributed by atoms with E-state index in [0.29, 0.717) is 11.9 Å². The minimum absolute atomic E-state index is 0.115. The molecule has 2 fully saturated rings. The second kappa shape index (κ2) is 5.97. The van der Waals surface area contributed by atoms with Gasteiger partial charge in [0.25, 0.3) is 5.69 Å². The van der Waals surface area contributed by atoms with Crippen LogP contribution in [0.2, 0.25) is 0 Å². The monoisotopic (exact) mass is 360 g/mol. The Balaban J connectivity index is 1.48. The fourth-order valence-corrected chi connectivity index (χ4v) is 3.22. The fourth-order valence-electron chi connectivity index (χ4n) is 3.22. The van der Waals surface area contributed by atoms with Gasteiger partial charge in [0.2, 0.25) is 5.91 Å². The Kier molecular flexibility index (Phi) is 3.74. The number of non-ortho nitro benzene ring substituents is 1. The van der Waals surface area contributed by atoms with Crippen LogP contribution >= 0.6 is 0 Å². The summed E-state index contributed by atoms with van der Waals surface area (Å²) in [5, 5.41) is 10.9. The standard InChI is InChI=1S/C16H16N4O6/c21-14-9-19(10-2-3-10)15(22)18(14)7-1-6-17-12-8-11(20(24)25)4-5-13(12)26-16(17)23/h4-5,8,10H,1-3,6-7,9H2. The molecule has 10 nitrogen and oxygen atoms in total. The van der Waals surface area contributed by atoms with E-state index < -0.39 is 10.7 Å². The highest BCUT2D eigenvalue weighted by atomic mass is 16.6. The Morgan fingerprint density at radius 2 is 1.96 bits per heavy atom. The lowest BCUT2D eigenvalue weighted by Gasteiger charge is -2.16. The number of nitro benzene ring substituents is 1. The molecule has 1 aliphatic heterocycles. The van der Waals surface area contributed by atoms with E-state index in [2.05, 4.69) is 0 Å². The number of imide groups is 1. The van der Waals surface area contributed by atoms with Gasteiger partial charge in [-0.1, -0.05) is 0 Å². The van der Waals surface area contributed by atoms with E-state index in [0.717, 1.165) is 12.8 Å². The van der Waals surface area contributed by atoms with Crippen molar-refractivity contribution in [1.82, 2.24) is 14.4 Å². The molecule has 1 aromatic carbocycles. The number of aromatic nitrogens is 1. The minimum atomic E-state index is -0.626. The molecule has 1 aliphatic carbocycles. The van der Waals surface area contributed by atoms with Crippen molar-refractivity contribution in [3.63, 3.8) is 0 Å². The van der Waals surface area contributed by atoms with E-state index in [-0.39, 0.29) is 48.9 Å². The van der Waals surface area contributed by atoms with E-state index in [9.17, 15) is 24.5 Å². The Morgan fingerprint density at radius 3 is 2.65 bits per heavy atom. The maximum atomic E-state index is 12.3. The van der Waals surface area contributed by atoms with Crippen molar-refractivity contribution < 1.29 is 18.9 Å². The molecule has 10 heteroatoms. The first-order chi connectivity index (χ1) is 12.5. The van der Waals surface area contributed by atoms with Gasteiger partial charge in [-0.15, -0.1) is 0 Å². The molecule has 136 valence electrons. The number of carbonyl (C=O) groups excluding carboxylic acids is 2. The van der Waals surface area contributed by atoms with Crippen LogP contribution in [-0.2, 0) is 11.3 Å². The van der Waals surface area contributed by atoms with Gasteiger partial charge >= 0.3 is 11.8 Å². The summed E-state index contributed by atoms with van der Waals surface area (Å²) < 4.78 is 6.37. The van der Waals surface area contributed by atoms with Crippen LogP contribution in [0.3, 0.4) is 0 Å². The fraction of sp³-hybridized carbons (Fsp3) is 0.438. The van der Waals surface area contributed by atoms with Crippen molar-refractivity contribution in [2.24, 2.45) is 0 Å². The van der Waals surface area contributed by atoms with Gasteiger partial charge in [0, 0.05) is 31.3 Å². The molecule has 1 saturated carbocycles.